The number of benzene rings is 1. The quantitative estimate of drug-likeness (QED) is 0.818. The van der Waals surface area contributed by atoms with Crippen molar-refractivity contribution in [3.05, 3.63) is 29.8 Å². The first-order chi connectivity index (χ1) is 9.04. The van der Waals surface area contributed by atoms with Crippen LogP contribution in [0.15, 0.2) is 24.3 Å². The summed E-state index contributed by atoms with van der Waals surface area (Å²) in [5.41, 5.74) is 7.89. The molecular formula is C16H25N3. The van der Waals surface area contributed by atoms with Gasteiger partial charge < -0.3 is 10.6 Å². The van der Waals surface area contributed by atoms with Crippen molar-refractivity contribution in [2.75, 3.05) is 18.5 Å². The molecule has 2 N–H and O–H groups in total. The first-order valence-corrected chi connectivity index (χ1v) is 7.05. The van der Waals surface area contributed by atoms with Crippen LogP contribution in [0, 0.1) is 11.3 Å². The van der Waals surface area contributed by atoms with Gasteiger partial charge in [0.05, 0.1) is 6.07 Å². The van der Waals surface area contributed by atoms with Gasteiger partial charge in [0.2, 0.25) is 0 Å². The minimum absolute atomic E-state index is 0.660. The van der Waals surface area contributed by atoms with Gasteiger partial charge in [-0.25, -0.2) is 0 Å². The second-order valence-corrected chi connectivity index (χ2v) is 5.17. The minimum atomic E-state index is -0.660. The SMILES string of the molecule is CCc1ccc(N(C)CCCC(N)(C#N)CC)cc1. The molecule has 0 bridgehead atoms. The predicted octanol–water partition coefficient (Wildman–Crippen LogP) is 3.10. The number of hydrogen-bond donors (Lipinski definition) is 1. The van der Waals surface area contributed by atoms with E-state index in [0.29, 0.717) is 6.42 Å². The van der Waals surface area contributed by atoms with Gasteiger partial charge in [0.1, 0.15) is 5.54 Å². The topological polar surface area (TPSA) is 53.0 Å². The molecule has 0 spiro atoms. The van der Waals surface area contributed by atoms with E-state index in [1.54, 1.807) is 0 Å². The Kier molecular flexibility index (Phi) is 5.85. The average Bonchev–Trinajstić information content (AvgIpc) is 2.47. The van der Waals surface area contributed by atoms with Gasteiger partial charge in [0.15, 0.2) is 0 Å². The van der Waals surface area contributed by atoms with Crippen molar-refractivity contribution in [2.45, 2.75) is 45.1 Å². The second kappa shape index (κ2) is 7.16. The molecule has 3 nitrogen and oxygen atoms in total. The highest BCUT2D eigenvalue weighted by Crippen LogP contribution is 2.17. The Labute approximate surface area is 117 Å². The van der Waals surface area contributed by atoms with Crippen molar-refractivity contribution < 1.29 is 0 Å². The molecule has 1 unspecified atom stereocenters. The summed E-state index contributed by atoms with van der Waals surface area (Å²) in [7, 11) is 2.08. The molecule has 19 heavy (non-hydrogen) atoms. The second-order valence-electron chi connectivity index (χ2n) is 5.17. The van der Waals surface area contributed by atoms with Crippen LogP contribution < -0.4 is 10.6 Å². The van der Waals surface area contributed by atoms with Crippen LogP contribution in [0.4, 0.5) is 5.69 Å². The number of nitrogens with two attached hydrogens (primary N) is 1. The Morgan fingerprint density at radius 3 is 2.37 bits per heavy atom. The highest BCUT2D eigenvalue weighted by Gasteiger charge is 2.21. The van der Waals surface area contributed by atoms with Crippen molar-refractivity contribution in [1.82, 2.24) is 0 Å². The Bertz CT molecular complexity index is 419. The molecule has 0 radical (unpaired) electrons. The lowest BCUT2D eigenvalue weighted by Crippen LogP contribution is -2.38. The average molecular weight is 259 g/mol. The minimum Gasteiger partial charge on any atom is -0.375 e. The first kappa shape index (κ1) is 15.5. The van der Waals surface area contributed by atoms with E-state index in [-0.39, 0.29) is 0 Å². The smallest absolute Gasteiger partial charge is 0.104 e. The molecule has 0 heterocycles. The Hall–Kier alpha value is -1.53. The van der Waals surface area contributed by atoms with Gasteiger partial charge in [-0.15, -0.1) is 0 Å². The maximum absolute atomic E-state index is 9.04. The van der Waals surface area contributed by atoms with Crippen LogP contribution in [0.2, 0.25) is 0 Å². The fraction of sp³-hybridized carbons (Fsp3) is 0.562. The lowest BCUT2D eigenvalue weighted by Gasteiger charge is -2.23. The fourth-order valence-corrected chi connectivity index (χ4v) is 2.06. The number of nitriles is 1. The number of hydrogen-bond acceptors (Lipinski definition) is 3. The summed E-state index contributed by atoms with van der Waals surface area (Å²) in [6, 6.07) is 10.9. The van der Waals surface area contributed by atoms with Crippen molar-refractivity contribution in [3.8, 4) is 6.07 Å². The van der Waals surface area contributed by atoms with Gasteiger partial charge in [0.25, 0.3) is 0 Å². The van der Waals surface area contributed by atoms with Crippen LogP contribution in [-0.4, -0.2) is 19.1 Å². The van der Waals surface area contributed by atoms with Crippen molar-refractivity contribution >= 4 is 5.69 Å². The number of anilines is 1. The van der Waals surface area contributed by atoms with Crippen LogP contribution in [0.3, 0.4) is 0 Å². The number of aryl methyl sites for hydroxylation is 1. The van der Waals surface area contributed by atoms with E-state index in [2.05, 4.69) is 49.2 Å². The molecule has 0 fully saturated rings. The van der Waals surface area contributed by atoms with Gasteiger partial charge >= 0.3 is 0 Å². The van der Waals surface area contributed by atoms with Gasteiger partial charge in [-0.2, -0.15) is 5.26 Å². The lowest BCUT2D eigenvalue weighted by atomic mass is 9.93. The van der Waals surface area contributed by atoms with Gasteiger partial charge in [0, 0.05) is 19.3 Å². The van der Waals surface area contributed by atoms with Crippen LogP contribution in [0.5, 0.6) is 0 Å². The monoisotopic (exact) mass is 259 g/mol. The molecule has 0 aliphatic carbocycles. The zero-order valence-corrected chi connectivity index (χ0v) is 12.3. The third-order valence-corrected chi connectivity index (χ3v) is 3.76. The third kappa shape index (κ3) is 4.57. The summed E-state index contributed by atoms with van der Waals surface area (Å²) >= 11 is 0. The summed E-state index contributed by atoms with van der Waals surface area (Å²) in [4.78, 5) is 2.22. The molecule has 0 aliphatic heterocycles. The van der Waals surface area contributed by atoms with E-state index in [9.17, 15) is 0 Å². The largest absolute Gasteiger partial charge is 0.375 e. The Morgan fingerprint density at radius 1 is 1.26 bits per heavy atom. The molecule has 0 aromatic heterocycles. The van der Waals surface area contributed by atoms with E-state index < -0.39 is 5.54 Å². The van der Waals surface area contributed by atoms with E-state index >= 15 is 0 Å². The molecule has 3 heteroatoms. The van der Waals surface area contributed by atoms with Crippen LogP contribution >= 0.6 is 0 Å². The molecule has 0 aliphatic rings. The van der Waals surface area contributed by atoms with E-state index in [4.69, 9.17) is 11.0 Å². The van der Waals surface area contributed by atoms with Crippen LogP contribution in [0.1, 0.15) is 38.7 Å². The van der Waals surface area contributed by atoms with Gasteiger partial charge in [-0.3, -0.25) is 0 Å². The van der Waals surface area contributed by atoms with Gasteiger partial charge in [-0.1, -0.05) is 26.0 Å². The normalized spacial score (nSPS) is 13.6. The van der Waals surface area contributed by atoms with Crippen molar-refractivity contribution in [3.63, 3.8) is 0 Å². The number of rotatable bonds is 7. The highest BCUT2D eigenvalue weighted by molar-refractivity contribution is 5.46. The van der Waals surface area contributed by atoms with Crippen LogP contribution in [-0.2, 0) is 6.42 Å². The van der Waals surface area contributed by atoms with E-state index in [1.807, 2.05) is 6.92 Å². The third-order valence-electron chi connectivity index (χ3n) is 3.76. The Balaban J connectivity index is 2.47. The summed E-state index contributed by atoms with van der Waals surface area (Å²) < 4.78 is 0. The summed E-state index contributed by atoms with van der Waals surface area (Å²) in [5.74, 6) is 0. The van der Waals surface area contributed by atoms with Crippen molar-refractivity contribution in [1.29, 1.82) is 5.26 Å². The molecule has 104 valence electrons. The van der Waals surface area contributed by atoms with Crippen LogP contribution in [0.25, 0.3) is 0 Å². The molecule has 1 atom stereocenters. The van der Waals surface area contributed by atoms with E-state index in [0.717, 1.165) is 25.8 Å². The standard InChI is InChI=1S/C16H25N3/c1-4-14-7-9-15(10-8-14)19(3)12-6-11-16(18,5-2)13-17/h7-10H,4-6,11-12,18H2,1-3H3. The number of nitrogens with zero attached hydrogens (tertiary/aromatic N) is 2. The highest BCUT2D eigenvalue weighted by atomic mass is 15.1. The zero-order valence-electron chi connectivity index (χ0n) is 12.3. The molecule has 0 saturated heterocycles. The van der Waals surface area contributed by atoms with E-state index in [1.165, 1.54) is 11.3 Å². The molecule has 1 aromatic rings. The first-order valence-electron chi connectivity index (χ1n) is 7.05. The Morgan fingerprint density at radius 2 is 1.89 bits per heavy atom. The molecule has 1 aromatic carbocycles. The fourth-order valence-electron chi connectivity index (χ4n) is 2.06. The summed E-state index contributed by atoms with van der Waals surface area (Å²) in [6.07, 6.45) is 3.46. The maximum atomic E-state index is 9.04. The van der Waals surface area contributed by atoms with Gasteiger partial charge in [-0.05, 0) is 43.4 Å². The lowest BCUT2D eigenvalue weighted by molar-refractivity contribution is 0.467. The van der Waals surface area contributed by atoms with Crippen molar-refractivity contribution in [2.24, 2.45) is 5.73 Å². The molecule has 1 rings (SSSR count). The maximum Gasteiger partial charge on any atom is 0.104 e. The molecule has 0 saturated carbocycles. The molecular weight excluding hydrogens is 234 g/mol. The summed E-state index contributed by atoms with van der Waals surface area (Å²) in [6.45, 7) is 5.05. The predicted molar refractivity (Wildman–Crippen MR) is 81.1 cm³/mol. The molecule has 0 amide bonds. The zero-order chi connectivity index (χ0) is 14.3. The summed E-state index contributed by atoms with van der Waals surface area (Å²) in [5, 5.41) is 9.04.